The van der Waals surface area contributed by atoms with Crippen molar-refractivity contribution in [3.8, 4) is 0 Å². The molecule has 3 N–H and O–H groups in total. The van der Waals surface area contributed by atoms with Gasteiger partial charge >= 0.3 is 6.03 Å². The molecule has 0 radical (unpaired) electrons. The summed E-state index contributed by atoms with van der Waals surface area (Å²) in [5, 5.41) is 12.5. The Labute approximate surface area is 142 Å². The molecule has 1 aromatic heterocycles. The fourth-order valence-corrected chi connectivity index (χ4v) is 2.17. The van der Waals surface area contributed by atoms with Gasteiger partial charge in [0.05, 0.1) is 22.9 Å². The number of nitrogens with zero attached hydrogens (tertiary/aromatic N) is 2. The van der Waals surface area contributed by atoms with Gasteiger partial charge in [-0.05, 0) is 25.1 Å². The number of rotatable bonds is 4. The van der Waals surface area contributed by atoms with E-state index in [2.05, 4.69) is 21.0 Å². The Morgan fingerprint density at radius 1 is 1.22 bits per heavy atom. The lowest BCUT2D eigenvalue weighted by molar-refractivity contribution is -0.115. The van der Waals surface area contributed by atoms with Gasteiger partial charge in [-0.15, -0.1) is 0 Å². The second kappa shape index (κ2) is 7.34. The third kappa shape index (κ3) is 4.87. The molecule has 0 fully saturated rings. The quantitative estimate of drug-likeness (QED) is 0.787. The van der Waals surface area contributed by atoms with Gasteiger partial charge in [-0.25, -0.2) is 4.79 Å². The summed E-state index contributed by atoms with van der Waals surface area (Å²) < 4.78 is 1.53. The Kier molecular flexibility index (Phi) is 5.46. The first-order valence-corrected chi connectivity index (χ1v) is 7.41. The number of amides is 3. The van der Waals surface area contributed by atoms with Crippen LogP contribution in [0.3, 0.4) is 0 Å². The smallest absolute Gasteiger partial charge is 0.320 e. The predicted octanol–water partition coefficient (Wildman–Crippen LogP) is 2.80. The molecule has 0 saturated heterocycles. The molecule has 2 rings (SSSR count). The molecule has 0 aliphatic heterocycles. The van der Waals surface area contributed by atoms with Crippen molar-refractivity contribution in [3.63, 3.8) is 0 Å². The van der Waals surface area contributed by atoms with E-state index in [1.54, 1.807) is 25.2 Å². The molecule has 0 saturated carbocycles. The number of urea groups is 1. The van der Waals surface area contributed by atoms with Crippen molar-refractivity contribution in [2.45, 2.75) is 6.92 Å². The lowest BCUT2D eigenvalue weighted by atomic mass is 10.3. The number of hydrogen-bond donors (Lipinski definition) is 3. The minimum atomic E-state index is -0.514. The zero-order valence-electron chi connectivity index (χ0n) is 12.5. The molecular weight excluding hydrogens is 341 g/mol. The number of anilines is 2. The molecule has 7 nitrogen and oxygen atoms in total. The number of hydrogen-bond acceptors (Lipinski definition) is 3. The van der Waals surface area contributed by atoms with Crippen LogP contribution in [0.5, 0.6) is 0 Å². The van der Waals surface area contributed by atoms with Gasteiger partial charge < -0.3 is 10.6 Å². The summed E-state index contributed by atoms with van der Waals surface area (Å²) >= 11 is 11.8. The fourth-order valence-electron chi connectivity index (χ4n) is 1.84. The highest BCUT2D eigenvalue weighted by Crippen LogP contribution is 2.25. The van der Waals surface area contributed by atoms with E-state index in [0.717, 1.165) is 5.69 Å². The minimum absolute atomic E-state index is 0.217. The van der Waals surface area contributed by atoms with Crippen molar-refractivity contribution in [3.05, 3.63) is 40.0 Å². The van der Waals surface area contributed by atoms with Gasteiger partial charge in [-0.1, -0.05) is 23.2 Å². The first-order chi connectivity index (χ1) is 10.8. The molecule has 0 aliphatic rings. The van der Waals surface area contributed by atoms with Crippen LogP contribution in [0.2, 0.25) is 10.0 Å². The summed E-state index contributed by atoms with van der Waals surface area (Å²) in [6, 6.07) is 5.91. The summed E-state index contributed by atoms with van der Waals surface area (Å²) in [6.45, 7) is 1.59. The Bertz CT molecular complexity index is 745. The van der Waals surface area contributed by atoms with Crippen molar-refractivity contribution in [2.75, 3.05) is 17.2 Å². The molecule has 3 amide bonds. The Morgan fingerprint density at radius 3 is 2.61 bits per heavy atom. The minimum Gasteiger partial charge on any atom is -0.329 e. The van der Waals surface area contributed by atoms with Crippen LogP contribution in [0.4, 0.5) is 16.3 Å². The van der Waals surface area contributed by atoms with Crippen molar-refractivity contribution in [2.24, 2.45) is 7.05 Å². The van der Waals surface area contributed by atoms with Crippen LogP contribution in [-0.4, -0.2) is 28.3 Å². The molecule has 122 valence electrons. The van der Waals surface area contributed by atoms with Crippen LogP contribution in [0, 0.1) is 6.92 Å². The molecule has 0 aliphatic carbocycles. The van der Waals surface area contributed by atoms with Gasteiger partial charge in [0, 0.05) is 18.1 Å². The molecule has 2 aromatic rings. The third-order valence-corrected chi connectivity index (χ3v) is 3.42. The molecule has 23 heavy (non-hydrogen) atoms. The largest absolute Gasteiger partial charge is 0.329 e. The predicted molar refractivity (Wildman–Crippen MR) is 90.1 cm³/mol. The molecule has 9 heteroatoms. The molecule has 0 atom stereocenters. The first-order valence-electron chi connectivity index (χ1n) is 6.65. The Hall–Kier alpha value is -2.25. The Morgan fingerprint density at radius 2 is 1.96 bits per heavy atom. The van der Waals surface area contributed by atoms with Crippen LogP contribution in [0.1, 0.15) is 5.69 Å². The molecular formula is C14H15Cl2N5O2. The lowest BCUT2D eigenvalue weighted by Crippen LogP contribution is -2.36. The van der Waals surface area contributed by atoms with Gasteiger partial charge in [-0.2, -0.15) is 5.10 Å². The van der Waals surface area contributed by atoms with Crippen LogP contribution < -0.4 is 16.0 Å². The van der Waals surface area contributed by atoms with E-state index in [-0.39, 0.29) is 6.54 Å². The fraction of sp³-hybridized carbons (Fsp3) is 0.214. The maximum atomic E-state index is 11.8. The summed E-state index contributed by atoms with van der Waals surface area (Å²) in [6.07, 6.45) is 0. The first kappa shape index (κ1) is 17.1. The van der Waals surface area contributed by atoms with E-state index in [0.29, 0.717) is 21.6 Å². The normalized spacial score (nSPS) is 10.3. The highest BCUT2D eigenvalue weighted by molar-refractivity contribution is 6.35. The number of aromatic nitrogens is 2. The summed E-state index contributed by atoms with van der Waals surface area (Å²) in [4.78, 5) is 23.6. The van der Waals surface area contributed by atoms with E-state index < -0.39 is 11.9 Å². The van der Waals surface area contributed by atoms with E-state index >= 15 is 0 Å². The topological polar surface area (TPSA) is 88.0 Å². The van der Waals surface area contributed by atoms with Crippen molar-refractivity contribution < 1.29 is 9.59 Å². The summed E-state index contributed by atoms with van der Waals surface area (Å²) in [5.41, 5.74) is 1.16. The van der Waals surface area contributed by atoms with Crippen LogP contribution in [0.15, 0.2) is 24.3 Å². The number of halogens is 2. The van der Waals surface area contributed by atoms with E-state index in [1.165, 1.54) is 10.7 Å². The van der Waals surface area contributed by atoms with Gasteiger partial charge in [0.15, 0.2) is 0 Å². The molecule has 1 aromatic carbocycles. The van der Waals surface area contributed by atoms with Crippen LogP contribution >= 0.6 is 23.2 Å². The van der Waals surface area contributed by atoms with E-state index in [4.69, 9.17) is 23.2 Å². The molecule has 1 heterocycles. The van der Waals surface area contributed by atoms with Crippen LogP contribution in [-0.2, 0) is 11.8 Å². The van der Waals surface area contributed by atoms with Crippen LogP contribution in [0.25, 0.3) is 0 Å². The molecule has 0 bridgehead atoms. The lowest BCUT2D eigenvalue weighted by Gasteiger charge is -2.09. The maximum absolute atomic E-state index is 11.8. The summed E-state index contributed by atoms with van der Waals surface area (Å²) in [5.74, 6) is 0.101. The monoisotopic (exact) mass is 355 g/mol. The summed E-state index contributed by atoms with van der Waals surface area (Å²) in [7, 11) is 1.70. The second-order valence-electron chi connectivity index (χ2n) is 4.77. The van der Waals surface area contributed by atoms with Gasteiger partial charge in [0.1, 0.15) is 5.82 Å². The van der Waals surface area contributed by atoms with Gasteiger partial charge in [0.2, 0.25) is 5.91 Å². The van der Waals surface area contributed by atoms with Crippen molar-refractivity contribution in [1.29, 1.82) is 0 Å². The maximum Gasteiger partial charge on any atom is 0.320 e. The van der Waals surface area contributed by atoms with E-state index in [1.807, 2.05) is 6.92 Å². The third-order valence-electron chi connectivity index (χ3n) is 2.86. The number of nitrogens with one attached hydrogen (secondary N) is 3. The van der Waals surface area contributed by atoms with Crippen molar-refractivity contribution >= 4 is 46.6 Å². The number of benzene rings is 1. The number of carbonyl (C=O) groups is 2. The zero-order valence-corrected chi connectivity index (χ0v) is 14.0. The SMILES string of the molecule is Cc1cc(NC(=O)NCC(=O)Nc2cc(Cl)ccc2Cl)n(C)n1. The standard InChI is InChI=1S/C14H15Cl2N5O2/c1-8-5-12(21(2)20-8)19-14(23)17-7-13(22)18-11-6-9(15)3-4-10(11)16/h3-6H,7H2,1-2H3,(H,18,22)(H2,17,19,23). The van der Waals surface area contributed by atoms with Crippen molar-refractivity contribution in [1.82, 2.24) is 15.1 Å². The average Bonchev–Trinajstić information content (AvgIpc) is 2.78. The Balaban J connectivity index is 1.85. The number of aryl methyl sites for hydroxylation is 2. The molecule has 0 unspecified atom stereocenters. The van der Waals surface area contributed by atoms with Gasteiger partial charge in [-0.3, -0.25) is 14.8 Å². The second-order valence-corrected chi connectivity index (χ2v) is 5.62. The highest BCUT2D eigenvalue weighted by Gasteiger charge is 2.10. The number of carbonyl (C=O) groups excluding carboxylic acids is 2. The van der Waals surface area contributed by atoms with Gasteiger partial charge in [0.25, 0.3) is 0 Å². The van der Waals surface area contributed by atoms with E-state index in [9.17, 15) is 9.59 Å². The average molecular weight is 356 g/mol. The molecule has 0 spiro atoms. The zero-order chi connectivity index (χ0) is 17.0. The highest BCUT2D eigenvalue weighted by atomic mass is 35.5.